The lowest BCUT2D eigenvalue weighted by Crippen LogP contribution is -2.39. The minimum absolute atomic E-state index is 0.0487. The molecule has 0 aromatic heterocycles. The number of urea groups is 1. The third kappa shape index (κ3) is 4.55. The molecule has 0 heterocycles. The zero-order valence-electron chi connectivity index (χ0n) is 11.2. The Morgan fingerprint density at radius 2 is 2.00 bits per heavy atom. The van der Waals surface area contributed by atoms with E-state index >= 15 is 0 Å². The van der Waals surface area contributed by atoms with E-state index in [-0.39, 0.29) is 29.0 Å². The van der Waals surface area contributed by atoms with Gasteiger partial charge in [0, 0.05) is 32.9 Å². The number of nitrogen functional groups attached to an aromatic ring is 1. The van der Waals surface area contributed by atoms with Crippen LogP contribution in [0, 0.1) is 0 Å². The Bertz CT molecular complexity index is 589. The van der Waals surface area contributed by atoms with Crippen LogP contribution in [-0.4, -0.2) is 46.5 Å². The molecular weight excluding hydrogens is 304 g/mol. The maximum absolute atomic E-state index is 12.0. The Hall–Kier alpha value is -1.51. The zero-order chi connectivity index (χ0) is 15.3. The number of amides is 2. The molecule has 0 fully saturated rings. The lowest BCUT2D eigenvalue weighted by atomic mass is 10.3. The van der Waals surface area contributed by atoms with Crippen LogP contribution < -0.4 is 15.8 Å². The summed E-state index contributed by atoms with van der Waals surface area (Å²) in [6.45, 7) is 0.212. The molecule has 7 nitrogen and oxygen atoms in total. The van der Waals surface area contributed by atoms with Gasteiger partial charge in [-0.1, -0.05) is 11.6 Å². The van der Waals surface area contributed by atoms with Gasteiger partial charge in [0.1, 0.15) is 4.90 Å². The number of nitrogens with one attached hydrogen (secondary N) is 2. The summed E-state index contributed by atoms with van der Waals surface area (Å²) in [5.74, 6) is 0. The van der Waals surface area contributed by atoms with Crippen LogP contribution in [0.3, 0.4) is 0 Å². The van der Waals surface area contributed by atoms with Crippen LogP contribution in [0.15, 0.2) is 23.1 Å². The van der Waals surface area contributed by atoms with Crippen LogP contribution in [0.2, 0.25) is 5.02 Å². The average molecular weight is 321 g/mol. The van der Waals surface area contributed by atoms with Crippen molar-refractivity contribution in [2.24, 2.45) is 0 Å². The highest BCUT2D eigenvalue weighted by Crippen LogP contribution is 2.23. The number of sulfonamides is 1. The molecule has 0 saturated carbocycles. The fraction of sp³-hybridized carbons (Fsp3) is 0.364. The second kappa shape index (κ2) is 6.78. The van der Waals surface area contributed by atoms with Crippen LogP contribution in [0.25, 0.3) is 0 Å². The summed E-state index contributed by atoms with van der Waals surface area (Å²) in [6, 6.07) is 3.91. The van der Waals surface area contributed by atoms with Crippen molar-refractivity contribution in [3.63, 3.8) is 0 Å². The first-order valence-electron chi connectivity index (χ1n) is 5.74. The Labute approximate surface area is 123 Å². The molecule has 0 spiro atoms. The van der Waals surface area contributed by atoms with E-state index in [1.807, 2.05) is 0 Å². The summed E-state index contributed by atoms with van der Waals surface area (Å²) in [7, 11) is -0.580. The van der Waals surface area contributed by atoms with Gasteiger partial charge in [0.2, 0.25) is 10.0 Å². The van der Waals surface area contributed by atoms with Crippen molar-refractivity contribution in [3.8, 4) is 0 Å². The number of carbonyl (C=O) groups excluding carboxylic acids is 1. The van der Waals surface area contributed by atoms with Gasteiger partial charge < -0.3 is 16.0 Å². The van der Waals surface area contributed by atoms with Crippen molar-refractivity contribution >= 4 is 33.3 Å². The van der Waals surface area contributed by atoms with E-state index in [1.54, 1.807) is 14.1 Å². The number of hydrogen-bond acceptors (Lipinski definition) is 4. The summed E-state index contributed by atoms with van der Waals surface area (Å²) in [4.78, 5) is 12.5. The van der Waals surface area contributed by atoms with Crippen LogP contribution in [0.5, 0.6) is 0 Å². The Morgan fingerprint density at radius 3 is 2.60 bits per heavy atom. The summed E-state index contributed by atoms with van der Waals surface area (Å²) in [5.41, 5.74) is 5.84. The van der Waals surface area contributed by atoms with E-state index in [4.69, 9.17) is 17.3 Å². The highest BCUT2D eigenvalue weighted by Gasteiger charge is 2.17. The standard InChI is InChI=1S/C11H17ClN4O3S/c1-16(2)11(17)14-5-6-15-20(18,19)10-7-8(13)3-4-9(10)12/h3-4,7,15H,5-6,13H2,1-2H3,(H,14,17). The fourth-order valence-corrected chi connectivity index (χ4v) is 2.88. The number of anilines is 1. The van der Waals surface area contributed by atoms with Gasteiger partial charge in [0.05, 0.1) is 5.02 Å². The number of carbonyl (C=O) groups is 1. The topological polar surface area (TPSA) is 105 Å². The maximum Gasteiger partial charge on any atom is 0.316 e. The lowest BCUT2D eigenvalue weighted by Gasteiger charge is -2.13. The molecule has 4 N–H and O–H groups in total. The van der Waals surface area contributed by atoms with Gasteiger partial charge in [-0.15, -0.1) is 0 Å². The predicted octanol–water partition coefficient (Wildman–Crippen LogP) is 0.472. The molecule has 1 aromatic rings. The normalized spacial score (nSPS) is 11.2. The third-order valence-corrected chi connectivity index (χ3v) is 4.29. The van der Waals surface area contributed by atoms with Crippen LogP contribution in [0.4, 0.5) is 10.5 Å². The number of rotatable bonds is 5. The molecular formula is C11H17ClN4O3S. The van der Waals surface area contributed by atoms with Gasteiger partial charge in [0.15, 0.2) is 0 Å². The van der Waals surface area contributed by atoms with E-state index in [1.165, 1.54) is 23.1 Å². The highest BCUT2D eigenvalue weighted by molar-refractivity contribution is 7.89. The molecule has 9 heteroatoms. The Kier molecular flexibility index (Phi) is 5.61. The molecule has 20 heavy (non-hydrogen) atoms. The Balaban J connectivity index is 2.63. The van der Waals surface area contributed by atoms with E-state index in [0.29, 0.717) is 5.69 Å². The van der Waals surface area contributed by atoms with Crippen molar-refractivity contribution < 1.29 is 13.2 Å². The second-order valence-corrected chi connectivity index (χ2v) is 6.36. The molecule has 0 saturated heterocycles. The Morgan fingerprint density at radius 1 is 1.35 bits per heavy atom. The number of nitrogens with two attached hydrogens (primary N) is 1. The molecule has 0 radical (unpaired) electrons. The van der Waals surface area contributed by atoms with Gasteiger partial charge in [-0.3, -0.25) is 0 Å². The summed E-state index contributed by atoms with van der Waals surface area (Å²) in [6.07, 6.45) is 0. The number of benzene rings is 1. The van der Waals surface area contributed by atoms with Gasteiger partial charge in [-0.25, -0.2) is 17.9 Å². The summed E-state index contributed by atoms with van der Waals surface area (Å²) < 4.78 is 26.4. The van der Waals surface area contributed by atoms with Gasteiger partial charge in [-0.2, -0.15) is 0 Å². The third-order valence-electron chi connectivity index (χ3n) is 2.34. The first-order chi connectivity index (χ1) is 9.24. The van der Waals surface area contributed by atoms with Crippen molar-refractivity contribution in [1.82, 2.24) is 14.9 Å². The van der Waals surface area contributed by atoms with Crippen LogP contribution >= 0.6 is 11.6 Å². The largest absolute Gasteiger partial charge is 0.399 e. The van der Waals surface area contributed by atoms with Crippen molar-refractivity contribution in [2.45, 2.75) is 4.90 Å². The zero-order valence-corrected chi connectivity index (χ0v) is 12.8. The van der Waals surface area contributed by atoms with E-state index < -0.39 is 10.0 Å². The molecule has 0 atom stereocenters. The molecule has 112 valence electrons. The fourth-order valence-electron chi connectivity index (χ4n) is 1.32. The van der Waals surface area contributed by atoms with E-state index in [2.05, 4.69) is 10.0 Å². The van der Waals surface area contributed by atoms with Crippen LogP contribution in [-0.2, 0) is 10.0 Å². The predicted molar refractivity (Wildman–Crippen MR) is 78.1 cm³/mol. The minimum atomic E-state index is -3.76. The molecule has 0 unspecified atom stereocenters. The van der Waals surface area contributed by atoms with Crippen molar-refractivity contribution in [1.29, 1.82) is 0 Å². The molecule has 0 bridgehead atoms. The summed E-state index contributed by atoms with van der Waals surface area (Å²) >= 11 is 5.83. The number of hydrogen-bond donors (Lipinski definition) is 3. The van der Waals surface area contributed by atoms with Gasteiger partial charge >= 0.3 is 6.03 Å². The van der Waals surface area contributed by atoms with E-state index in [9.17, 15) is 13.2 Å². The maximum atomic E-state index is 12.0. The van der Waals surface area contributed by atoms with Gasteiger partial charge in [0.25, 0.3) is 0 Å². The monoisotopic (exact) mass is 320 g/mol. The van der Waals surface area contributed by atoms with E-state index in [0.717, 1.165) is 0 Å². The molecule has 1 rings (SSSR count). The first kappa shape index (κ1) is 16.5. The van der Waals surface area contributed by atoms with Crippen molar-refractivity contribution in [2.75, 3.05) is 32.9 Å². The number of nitrogens with zero attached hydrogens (tertiary/aromatic N) is 1. The smallest absolute Gasteiger partial charge is 0.316 e. The molecule has 0 aliphatic heterocycles. The van der Waals surface area contributed by atoms with Gasteiger partial charge in [-0.05, 0) is 18.2 Å². The first-order valence-corrected chi connectivity index (χ1v) is 7.60. The quantitative estimate of drug-likeness (QED) is 0.542. The molecule has 0 aliphatic carbocycles. The number of halogens is 1. The second-order valence-electron chi connectivity index (χ2n) is 4.21. The summed E-state index contributed by atoms with van der Waals surface area (Å²) in [5, 5.41) is 2.62. The van der Waals surface area contributed by atoms with Crippen LogP contribution in [0.1, 0.15) is 0 Å². The average Bonchev–Trinajstić information content (AvgIpc) is 2.37. The minimum Gasteiger partial charge on any atom is -0.399 e. The SMILES string of the molecule is CN(C)C(=O)NCCNS(=O)(=O)c1cc(N)ccc1Cl. The van der Waals surface area contributed by atoms with Crippen molar-refractivity contribution in [3.05, 3.63) is 23.2 Å². The molecule has 0 aliphatic rings. The highest BCUT2D eigenvalue weighted by atomic mass is 35.5. The molecule has 2 amide bonds. The lowest BCUT2D eigenvalue weighted by molar-refractivity contribution is 0.217. The molecule has 1 aromatic carbocycles.